The normalized spacial score (nSPS) is 22.4. The van der Waals surface area contributed by atoms with Crippen LogP contribution in [0.4, 0.5) is 0 Å². The molecule has 3 unspecified atom stereocenters. The summed E-state index contributed by atoms with van der Waals surface area (Å²) < 4.78 is 0. The maximum atomic E-state index is 12.5. The van der Waals surface area contributed by atoms with Crippen molar-refractivity contribution < 1.29 is 4.79 Å². The number of nitrogens with zero attached hydrogens (tertiary/aromatic N) is 1. The molecule has 1 aromatic carbocycles. The molecule has 0 aliphatic carbocycles. The fourth-order valence-corrected chi connectivity index (χ4v) is 2.75. The summed E-state index contributed by atoms with van der Waals surface area (Å²) in [6.07, 6.45) is 2.11. The van der Waals surface area contributed by atoms with Crippen LogP contribution in [0.15, 0.2) is 24.3 Å². The lowest BCUT2D eigenvalue weighted by Gasteiger charge is -2.36. The molecule has 1 aliphatic heterocycles. The zero-order chi connectivity index (χ0) is 14.7. The maximum Gasteiger partial charge on any atom is 0.244 e. The molecule has 1 amide bonds. The number of hydrogen-bond acceptors (Lipinski definition) is 3. The van der Waals surface area contributed by atoms with E-state index in [1.54, 1.807) is 0 Å². The van der Waals surface area contributed by atoms with E-state index in [1.165, 1.54) is 5.56 Å². The molecule has 110 valence electrons. The summed E-state index contributed by atoms with van der Waals surface area (Å²) in [5.41, 5.74) is 14.1. The molecular formula is C16H25N3O. The van der Waals surface area contributed by atoms with Crippen LogP contribution in [-0.2, 0) is 4.79 Å². The highest BCUT2D eigenvalue weighted by atomic mass is 16.2. The Labute approximate surface area is 121 Å². The fourth-order valence-electron chi connectivity index (χ4n) is 2.75. The van der Waals surface area contributed by atoms with Crippen molar-refractivity contribution in [1.82, 2.24) is 4.90 Å². The van der Waals surface area contributed by atoms with Gasteiger partial charge in [0, 0.05) is 19.1 Å². The van der Waals surface area contributed by atoms with Crippen LogP contribution in [0.25, 0.3) is 0 Å². The van der Waals surface area contributed by atoms with Crippen LogP contribution < -0.4 is 11.5 Å². The van der Waals surface area contributed by atoms with Gasteiger partial charge in [-0.1, -0.05) is 29.8 Å². The molecule has 0 radical (unpaired) electrons. The molecule has 4 N–H and O–H groups in total. The van der Waals surface area contributed by atoms with Gasteiger partial charge in [0.2, 0.25) is 5.91 Å². The first-order valence-corrected chi connectivity index (χ1v) is 7.35. The smallest absolute Gasteiger partial charge is 0.244 e. The Hall–Kier alpha value is -1.39. The van der Waals surface area contributed by atoms with Crippen molar-refractivity contribution in [2.75, 3.05) is 13.1 Å². The lowest BCUT2D eigenvalue weighted by Crippen LogP contribution is -2.47. The van der Waals surface area contributed by atoms with Crippen molar-refractivity contribution in [1.29, 1.82) is 0 Å². The van der Waals surface area contributed by atoms with E-state index < -0.39 is 6.04 Å². The predicted molar refractivity (Wildman–Crippen MR) is 81.1 cm³/mol. The molecule has 1 aromatic rings. The third kappa shape index (κ3) is 3.38. The first-order valence-electron chi connectivity index (χ1n) is 7.35. The lowest BCUT2D eigenvalue weighted by atomic mass is 9.91. The minimum atomic E-state index is -0.567. The molecule has 4 nitrogen and oxygen atoms in total. The van der Waals surface area contributed by atoms with E-state index in [9.17, 15) is 4.79 Å². The largest absolute Gasteiger partial charge is 0.341 e. The number of piperidine rings is 1. The van der Waals surface area contributed by atoms with Crippen molar-refractivity contribution in [3.63, 3.8) is 0 Å². The Kier molecular flexibility index (Phi) is 4.78. The zero-order valence-electron chi connectivity index (χ0n) is 12.4. The average molecular weight is 275 g/mol. The number of hydrogen-bond donors (Lipinski definition) is 2. The second kappa shape index (κ2) is 6.37. The van der Waals surface area contributed by atoms with E-state index in [4.69, 9.17) is 11.5 Å². The summed E-state index contributed by atoms with van der Waals surface area (Å²) in [5.74, 6) is 0.400. The second-order valence-electron chi connectivity index (χ2n) is 5.93. The van der Waals surface area contributed by atoms with Gasteiger partial charge in [-0.15, -0.1) is 0 Å². The van der Waals surface area contributed by atoms with Crippen molar-refractivity contribution in [3.05, 3.63) is 35.4 Å². The number of amides is 1. The van der Waals surface area contributed by atoms with Crippen LogP contribution in [-0.4, -0.2) is 29.9 Å². The summed E-state index contributed by atoms with van der Waals surface area (Å²) in [4.78, 5) is 14.4. The number of carbonyl (C=O) groups excluding carboxylic acids is 1. The Bertz CT molecular complexity index is 455. The molecule has 3 atom stereocenters. The molecule has 4 heteroatoms. The molecule has 0 aromatic heterocycles. The Morgan fingerprint density at radius 2 is 1.95 bits per heavy atom. The van der Waals surface area contributed by atoms with Gasteiger partial charge < -0.3 is 16.4 Å². The summed E-state index contributed by atoms with van der Waals surface area (Å²) in [7, 11) is 0. The third-order valence-corrected chi connectivity index (χ3v) is 4.22. The molecule has 20 heavy (non-hydrogen) atoms. The van der Waals surface area contributed by atoms with E-state index in [-0.39, 0.29) is 11.9 Å². The van der Waals surface area contributed by atoms with E-state index in [0.29, 0.717) is 5.92 Å². The predicted octanol–water partition coefficient (Wildman–Crippen LogP) is 1.58. The Morgan fingerprint density at radius 3 is 2.55 bits per heavy atom. The van der Waals surface area contributed by atoms with Crippen molar-refractivity contribution >= 4 is 5.91 Å². The molecule has 2 rings (SSSR count). The van der Waals surface area contributed by atoms with Crippen molar-refractivity contribution in [3.8, 4) is 0 Å². The van der Waals surface area contributed by atoms with Gasteiger partial charge in [-0.2, -0.15) is 0 Å². The Morgan fingerprint density at radius 1 is 1.30 bits per heavy atom. The van der Waals surface area contributed by atoms with Crippen molar-refractivity contribution in [2.24, 2.45) is 17.4 Å². The number of carbonyl (C=O) groups is 1. The minimum Gasteiger partial charge on any atom is -0.341 e. The monoisotopic (exact) mass is 275 g/mol. The first kappa shape index (κ1) is 15.0. The molecule has 1 aliphatic rings. The molecule has 0 bridgehead atoms. The number of aryl methyl sites for hydroxylation is 1. The van der Waals surface area contributed by atoms with Gasteiger partial charge in [0.15, 0.2) is 0 Å². The van der Waals surface area contributed by atoms with Gasteiger partial charge in [-0.3, -0.25) is 4.79 Å². The first-order chi connectivity index (χ1) is 9.49. The number of likely N-dealkylation sites (tertiary alicyclic amines) is 1. The summed E-state index contributed by atoms with van der Waals surface area (Å²) >= 11 is 0. The molecular weight excluding hydrogens is 250 g/mol. The minimum absolute atomic E-state index is 0.0132. The lowest BCUT2D eigenvalue weighted by molar-refractivity contribution is -0.134. The van der Waals surface area contributed by atoms with Gasteiger partial charge >= 0.3 is 0 Å². The van der Waals surface area contributed by atoms with E-state index >= 15 is 0 Å². The zero-order valence-corrected chi connectivity index (χ0v) is 12.4. The number of benzene rings is 1. The van der Waals surface area contributed by atoms with Crippen LogP contribution in [0.5, 0.6) is 0 Å². The molecule has 1 fully saturated rings. The standard InChI is InChI=1S/C16H25N3O/c1-11-5-7-13(8-6-11)15(18)16(20)19-9-3-4-14(10-19)12(2)17/h5-8,12,14-15H,3-4,9-10,17-18H2,1-2H3. The quantitative estimate of drug-likeness (QED) is 0.879. The highest BCUT2D eigenvalue weighted by molar-refractivity contribution is 5.83. The van der Waals surface area contributed by atoms with E-state index in [2.05, 4.69) is 0 Å². The number of nitrogens with two attached hydrogens (primary N) is 2. The van der Waals surface area contributed by atoms with Crippen LogP contribution in [0, 0.1) is 12.8 Å². The highest BCUT2D eigenvalue weighted by Crippen LogP contribution is 2.22. The fraction of sp³-hybridized carbons (Fsp3) is 0.562. The van der Waals surface area contributed by atoms with E-state index in [0.717, 1.165) is 31.5 Å². The summed E-state index contributed by atoms with van der Waals surface area (Å²) in [6.45, 7) is 5.56. The average Bonchev–Trinajstić information content (AvgIpc) is 2.46. The summed E-state index contributed by atoms with van der Waals surface area (Å²) in [6, 6.07) is 7.41. The highest BCUT2D eigenvalue weighted by Gasteiger charge is 2.29. The molecule has 0 saturated carbocycles. The molecule has 0 spiro atoms. The van der Waals surface area contributed by atoms with Gasteiger partial charge in [0.1, 0.15) is 6.04 Å². The van der Waals surface area contributed by atoms with Gasteiger partial charge in [0.25, 0.3) is 0 Å². The van der Waals surface area contributed by atoms with Gasteiger partial charge in [-0.25, -0.2) is 0 Å². The molecule has 1 saturated heterocycles. The van der Waals surface area contributed by atoms with E-state index in [1.807, 2.05) is 43.0 Å². The third-order valence-electron chi connectivity index (χ3n) is 4.22. The topological polar surface area (TPSA) is 72.4 Å². The summed E-state index contributed by atoms with van der Waals surface area (Å²) in [5, 5.41) is 0. The molecule has 1 heterocycles. The second-order valence-corrected chi connectivity index (χ2v) is 5.93. The van der Waals surface area contributed by atoms with Crippen molar-refractivity contribution in [2.45, 2.75) is 38.8 Å². The van der Waals surface area contributed by atoms with Gasteiger partial charge in [-0.05, 0) is 38.2 Å². The van der Waals surface area contributed by atoms with Crippen LogP contribution >= 0.6 is 0 Å². The van der Waals surface area contributed by atoms with Gasteiger partial charge in [0.05, 0.1) is 0 Å². The van der Waals surface area contributed by atoms with Crippen LogP contribution in [0.2, 0.25) is 0 Å². The number of rotatable bonds is 3. The Balaban J connectivity index is 2.04. The SMILES string of the molecule is Cc1ccc(C(N)C(=O)N2CCCC(C(C)N)C2)cc1. The van der Waals surface area contributed by atoms with Crippen LogP contribution in [0.3, 0.4) is 0 Å². The van der Waals surface area contributed by atoms with Crippen LogP contribution in [0.1, 0.15) is 36.9 Å². The maximum absolute atomic E-state index is 12.5.